The number of carbonyl (C=O) groups excluding carboxylic acids is 1. The molecular formula is C22H21N5O4. The van der Waals surface area contributed by atoms with Crippen molar-refractivity contribution in [3.05, 3.63) is 87.2 Å². The Kier molecular flexibility index (Phi) is 5.24. The number of rotatable bonds is 5. The van der Waals surface area contributed by atoms with Gasteiger partial charge in [0.25, 0.3) is 0 Å². The summed E-state index contributed by atoms with van der Waals surface area (Å²) in [6.07, 6.45) is 1.59. The number of aryl methyl sites for hydroxylation is 2. The van der Waals surface area contributed by atoms with Crippen molar-refractivity contribution in [2.45, 2.75) is 32.9 Å². The van der Waals surface area contributed by atoms with Gasteiger partial charge in [0.05, 0.1) is 16.7 Å². The standard InChI is InChI=1S/C22H21N5O4/c1-3-25-13-19(27(30)31)21(24-25)22(29)26-18(16-6-4-5-7-20(16)28)12-17(23-26)15-10-8-14(2)9-11-15/h4-11,13,18,28H,3,12H2,1-2H3/t18-/m1/s1. The number of nitro groups is 1. The van der Waals surface area contributed by atoms with Gasteiger partial charge in [-0.25, -0.2) is 5.01 Å². The van der Waals surface area contributed by atoms with Crippen molar-refractivity contribution in [2.75, 3.05) is 0 Å². The first kappa shape index (κ1) is 20.3. The van der Waals surface area contributed by atoms with E-state index in [2.05, 4.69) is 10.2 Å². The molecule has 9 heteroatoms. The summed E-state index contributed by atoms with van der Waals surface area (Å²) in [6.45, 7) is 4.14. The van der Waals surface area contributed by atoms with Gasteiger partial charge in [0.1, 0.15) is 11.9 Å². The van der Waals surface area contributed by atoms with Gasteiger partial charge >= 0.3 is 11.6 Å². The van der Waals surface area contributed by atoms with Gasteiger partial charge in [0.2, 0.25) is 5.69 Å². The summed E-state index contributed by atoms with van der Waals surface area (Å²) < 4.78 is 1.35. The van der Waals surface area contributed by atoms with Crippen LogP contribution in [0.15, 0.2) is 59.8 Å². The van der Waals surface area contributed by atoms with Gasteiger partial charge < -0.3 is 5.11 Å². The number of aromatic hydroxyl groups is 1. The molecule has 0 bridgehead atoms. The lowest BCUT2D eigenvalue weighted by Crippen LogP contribution is -2.28. The molecule has 0 aliphatic carbocycles. The molecule has 0 saturated carbocycles. The van der Waals surface area contributed by atoms with Crippen LogP contribution in [0.2, 0.25) is 0 Å². The van der Waals surface area contributed by atoms with Gasteiger partial charge in [-0.3, -0.25) is 19.6 Å². The minimum atomic E-state index is -0.686. The van der Waals surface area contributed by atoms with Crippen LogP contribution >= 0.6 is 0 Å². The molecule has 3 aromatic rings. The number of amides is 1. The van der Waals surface area contributed by atoms with Crippen molar-refractivity contribution in [3.63, 3.8) is 0 Å². The topological polar surface area (TPSA) is 114 Å². The van der Waals surface area contributed by atoms with Gasteiger partial charge in [0, 0.05) is 18.5 Å². The Balaban J connectivity index is 1.80. The van der Waals surface area contributed by atoms with Gasteiger partial charge in [-0.15, -0.1) is 0 Å². The molecular weight excluding hydrogens is 398 g/mol. The molecule has 1 aliphatic heterocycles. The second-order valence-electron chi connectivity index (χ2n) is 7.32. The third kappa shape index (κ3) is 3.77. The Hall–Kier alpha value is -4.01. The Morgan fingerprint density at radius 2 is 1.94 bits per heavy atom. The summed E-state index contributed by atoms with van der Waals surface area (Å²) in [6, 6.07) is 13.8. The number of nitrogens with zero attached hydrogens (tertiary/aromatic N) is 5. The lowest BCUT2D eigenvalue weighted by molar-refractivity contribution is -0.385. The smallest absolute Gasteiger partial charge is 0.320 e. The predicted molar refractivity (Wildman–Crippen MR) is 114 cm³/mol. The van der Waals surface area contributed by atoms with Crippen LogP contribution in [-0.2, 0) is 6.54 Å². The molecule has 2 heterocycles. The van der Waals surface area contributed by atoms with Crippen molar-refractivity contribution in [1.82, 2.24) is 14.8 Å². The second kappa shape index (κ2) is 8.02. The maximum atomic E-state index is 13.4. The minimum absolute atomic E-state index is 0.0271. The molecule has 0 unspecified atom stereocenters. The van der Waals surface area contributed by atoms with E-state index >= 15 is 0 Å². The highest BCUT2D eigenvalue weighted by Crippen LogP contribution is 2.38. The predicted octanol–water partition coefficient (Wildman–Crippen LogP) is 3.82. The van der Waals surface area contributed by atoms with Gasteiger partial charge in [-0.2, -0.15) is 10.2 Å². The molecule has 0 spiro atoms. The number of phenolic OH excluding ortho intramolecular Hbond substituents is 1. The van der Waals surface area contributed by atoms with Crippen LogP contribution in [0, 0.1) is 17.0 Å². The largest absolute Gasteiger partial charge is 0.508 e. The SMILES string of the molecule is CCn1cc([N+](=O)[O-])c(C(=O)N2N=C(c3ccc(C)cc3)C[C@@H]2c2ccccc2O)n1. The van der Waals surface area contributed by atoms with Gasteiger partial charge in [-0.05, 0) is 25.5 Å². The molecule has 1 N–H and O–H groups in total. The molecule has 4 rings (SSSR count). The fourth-order valence-electron chi connectivity index (χ4n) is 3.60. The lowest BCUT2D eigenvalue weighted by atomic mass is 9.97. The third-order valence-corrected chi connectivity index (χ3v) is 5.26. The van der Waals surface area contributed by atoms with E-state index in [1.165, 1.54) is 22.0 Å². The average Bonchev–Trinajstić information content (AvgIpc) is 3.39. The first-order chi connectivity index (χ1) is 14.9. The van der Waals surface area contributed by atoms with E-state index in [-0.39, 0.29) is 17.1 Å². The summed E-state index contributed by atoms with van der Waals surface area (Å²) >= 11 is 0. The van der Waals surface area contributed by atoms with Gasteiger partial charge in [-0.1, -0.05) is 48.0 Å². The zero-order chi connectivity index (χ0) is 22.1. The molecule has 0 fully saturated rings. The monoisotopic (exact) mass is 419 g/mol. The fourth-order valence-corrected chi connectivity index (χ4v) is 3.60. The van der Waals surface area contributed by atoms with Crippen LogP contribution in [-0.4, -0.2) is 36.4 Å². The Morgan fingerprint density at radius 1 is 1.23 bits per heavy atom. The number of para-hydroxylation sites is 1. The molecule has 1 atom stereocenters. The Labute approximate surface area is 178 Å². The molecule has 0 radical (unpaired) electrons. The second-order valence-corrected chi connectivity index (χ2v) is 7.32. The Bertz CT molecular complexity index is 1180. The third-order valence-electron chi connectivity index (χ3n) is 5.26. The number of hydrogen-bond donors (Lipinski definition) is 1. The summed E-state index contributed by atoms with van der Waals surface area (Å²) in [7, 11) is 0. The van der Waals surface area contributed by atoms with Crippen LogP contribution in [0.5, 0.6) is 5.75 Å². The van der Waals surface area contributed by atoms with Gasteiger partial charge in [0.15, 0.2) is 0 Å². The summed E-state index contributed by atoms with van der Waals surface area (Å²) in [4.78, 5) is 24.3. The molecule has 0 saturated heterocycles. The van der Waals surface area contributed by atoms with E-state index in [0.717, 1.165) is 11.1 Å². The molecule has 31 heavy (non-hydrogen) atoms. The molecule has 1 amide bonds. The van der Waals surface area contributed by atoms with E-state index < -0.39 is 16.9 Å². The number of hydrogen-bond acceptors (Lipinski definition) is 6. The summed E-state index contributed by atoms with van der Waals surface area (Å²) in [5.41, 5.74) is 2.45. The maximum absolute atomic E-state index is 13.4. The summed E-state index contributed by atoms with van der Waals surface area (Å²) in [5, 5.41) is 31.7. The average molecular weight is 419 g/mol. The molecule has 2 aromatic carbocycles. The van der Waals surface area contributed by atoms with Crippen molar-refractivity contribution in [1.29, 1.82) is 0 Å². The van der Waals surface area contributed by atoms with E-state index in [4.69, 9.17) is 0 Å². The number of carbonyl (C=O) groups is 1. The lowest BCUT2D eigenvalue weighted by Gasteiger charge is -2.21. The van der Waals surface area contributed by atoms with Crippen molar-refractivity contribution in [3.8, 4) is 5.75 Å². The molecule has 9 nitrogen and oxygen atoms in total. The Morgan fingerprint density at radius 3 is 2.58 bits per heavy atom. The quantitative estimate of drug-likeness (QED) is 0.499. The van der Waals surface area contributed by atoms with Crippen LogP contribution in [0.25, 0.3) is 0 Å². The molecule has 1 aliphatic rings. The maximum Gasteiger partial charge on any atom is 0.320 e. The highest BCUT2D eigenvalue weighted by molar-refractivity contribution is 6.05. The first-order valence-corrected chi connectivity index (χ1v) is 9.86. The minimum Gasteiger partial charge on any atom is -0.508 e. The van der Waals surface area contributed by atoms with E-state index in [0.29, 0.717) is 24.2 Å². The van der Waals surface area contributed by atoms with Crippen molar-refractivity contribution >= 4 is 17.3 Å². The van der Waals surface area contributed by atoms with Crippen LogP contribution in [0.1, 0.15) is 46.6 Å². The fraction of sp³-hybridized carbons (Fsp3) is 0.227. The highest BCUT2D eigenvalue weighted by atomic mass is 16.6. The zero-order valence-corrected chi connectivity index (χ0v) is 17.1. The number of phenols is 1. The zero-order valence-electron chi connectivity index (χ0n) is 17.1. The highest BCUT2D eigenvalue weighted by Gasteiger charge is 2.39. The van der Waals surface area contributed by atoms with E-state index in [1.807, 2.05) is 31.2 Å². The van der Waals surface area contributed by atoms with Crippen molar-refractivity contribution in [2.24, 2.45) is 5.10 Å². The van der Waals surface area contributed by atoms with Crippen molar-refractivity contribution < 1.29 is 14.8 Å². The number of aromatic nitrogens is 2. The number of hydrazone groups is 1. The number of benzene rings is 2. The van der Waals surface area contributed by atoms with Crippen LogP contribution < -0.4 is 0 Å². The first-order valence-electron chi connectivity index (χ1n) is 9.86. The van der Waals surface area contributed by atoms with E-state index in [1.54, 1.807) is 25.1 Å². The summed E-state index contributed by atoms with van der Waals surface area (Å²) in [5.74, 6) is -0.659. The molecule has 1 aromatic heterocycles. The molecule has 158 valence electrons. The van der Waals surface area contributed by atoms with Crippen LogP contribution in [0.3, 0.4) is 0 Å². The van der Waals surface area contributed by atoms with E-state index in [9.17, 15) is 20.0 Å². The van der Waals surface area contributed by atoms with Crippen LogP contribution in [0.4, 0.5) is 5.69 Å². The normalized spacial score (nSPS) is 15.7.